The lowest BCUT2D eigenvalue weighted by Gasteiger charge is -2.08. The van der Waals surface area contributed by atoms with Crippen molar-refractivity contribution in [1.82, 2.24) is 19.7 Å². The smallest absolute Gasteiger partial charge is 0.395 e. The number of thiophene rings is 1. The number of furan rings is 1. The van der Waals surface area contributed by atoms with Crippen LogP contribution in [-0.2, 0) is 12.8 Å². The molecule has 0 saturated heterocycles. The number of H-pyrrole nitrogens is 1. The number of fused-ring (bicyclic) bond motifs is 1. The standard InChI is InChI=1S/C19H14N6O5S/c26-17-10-3-1-4-11(10)20-19(22-17)24-15(9-12(23-24)14-5-2-8-31-14)21-18(27)13-6-7-16(30-13)25(28)29/h2,5-9H,1,3-4H2,(H,21,27)(H,20,22,26). The molecule has 0 spiro atoms. The van der Waals surface area contributed by atoms with Gasteiger partial charge in [0.1, 0.15) is 16.4 Å². The molecule has 0 aromatic carbocycles. The molecule has 31 heavy (non-hydrogen) atoms. The van der Waals surface area contributed by atoms with Crippen LogP contribution < -0.4 is 10.9 Å². The minimum atomic E-state index is -0.727. The second kappa shape index (κ2) is 7.32. The minimum absolute atomic E-state index is 0.175. The van der Waals surface area contributed by atoms with Crippen LogP contribution in [0.4, 0.5) is 11.7 Å². The summed E-state index contributed by atoms with van der Waals surface area (Å²) in [6.07, 6.45) is 2.23. The predicted octanol–water partition coefficient (Wildman–Crippen LogP) is 2.93. The van der Waals surface area contributed by atoms with E-state index in [2.05, 4.69) is 20.4 Å². The summed E-state index contributed by atoms with van der Waals surface area (Å²) in [4.78, 5) is 43.3. The Bertz CT molecular complexity index is 1370. The molecule has 4 heterocycles. The van der Waals surface area contributed by atoms with E-state index in [-0.39, 0.29) is 23.1 Å². The van der Waals surface area contributed by atoms with Crippen molar-refractivity contribution < 1.29 is 14.1 Å². The van der Waals surface area contributed by atoms with Crippen LogP contribution in [0.15, 0.2) is 44.9 Å². The van der Waals surface area contributed by atoms with Crippen LogP contribution in [0, 0.1) is 10.1 Å². The molecule has 5 rings (SSSR count). The average Bonchev–Trinajstić information content (AvgIpc) is 3.53. The van der Waals surface area contributed by atoms with Crippen molar-refractivity contribution in [2.75, 3.05) is 5.32 Å². The van der Waals surface area contributed by atoms with Crippen LogP contribution in [-0.4, -0.2) is 30.6 Å². The summed E-state index contributed by atoms with van der Waals surface area (Å²) in [5.74, 6) is -1.06. The van der Waals surface area contributed by atoms with Crippen molar-refractivity contribution in [2.24, 2.45) is 0 Å². The van der Waals surface area contributed by atoms with E-state index in [0.29, 0.717) is 29.8 Å². The normalized spacial score (nSPS) is 12.6. The van der Waals surface area contributed by atoms with E-state index in [9.17, 15) is 19.7 Å². The largest absolute Gasteiger partial charge is 0.433 e. The number of nitrogens with zero attached hydrogens (tertiary/aromatic N) is 4. The topological polar surface area (TPSA) is 149 Å². The van der Waals surface area contributed by atoms with Crippen molar-refractivity contribution in [2.45, 2.75) is 19.3 Å². The van der Waals surface area contributed by atoms with Gasteiger partial charge in [-0.15, -0.1) is 11.3 Å². The summed E-state index contributed by atoms with van der Waals surface area (Å²) in [6.45, 7) is 0. The molecule has 12 heteroatoms. The van der Waals surface area contributed by atoms with Gasteiger partial charge in [-0.25, -0.2) is 4.98 Å². The number of carbonyl (C=O) groups is 1. The zero-order chi connectivity index (χ0) is 21.5. The van der Waals surface area contributed by atoms with Crippen molar-refractivity contribution in [3.63, 3.8) is 0 Å². The van der Waals surface area contributed by atoms with Gasteiger partial charge >= 0.3 is 5.88 Å². The number of hydrogen-bond acceptors (Lipinski definition) is 8. The van der Waals surface area contributed by atoms with E-state index in [1.165, 1.54) is 22.1 Å². The lowest BCUT2D eigenvalue weighted by molar-refractivity contribution is -0.402. The Hall–Kier alpha value is -4.06. The molecular weight excluding hydrogens is 424 g/mol. The highest BCUT2D eigenvalue weighted by molar-refractivity contribution is 7.13. The SMILES string of the molecule is O=C(Nc1cc(-c2cccs2)nn1-c1nc2c(c(=O)[nH]1)CCC2)c1ccc([N+](=O)[O-])o1. The first-order valence-electron chi connectivity index (χ1n) is 9.31. The van der Waals surface area contributed by atoms with Crippen LogP contribution >= 0.6 is 11.3 Å². The molecule has 0 unspecified atom stereocenters. The van der Waals surface area contributed by atoms with Gasteiger partial charge in [0.2, 0.25) is 5.95 Å². The summed E-state index contributed by atoms with van der Waals surface area (Å²) in [7, 11) is 0. The molecule has 0 bridgehead atoms. The Morgan fingerprint density at radius 2 is 2.19 bits per heavy atom. The lowest BCUT2D eigenvalue weighted by Crippen LogP contribution is -2.21. The lowest BCUT2D eigenvalue weighted by atomic mass is 10.3. The van der Waals surface area contributed by atoms with E-state index >= 15 is 0 Å². The van der Waals surface area contributed by atoms with E-state index in [4.69, 9.17) is 4.42 Å². The molecule has 11 nitrogen and oxygen atoms in total. The molecule has 4 aromatic heterocycles. The third-order valence-corrected chi connectivity index (χ3v) is 5.74. The zero-order valence-electron chi connectivity index (χ0n) is 15.8. The average molecular weight is 438 g/mol. The van der Waals surface area contributed by atoms with E-state index in [1.54, 1.807) is 6.07 Å². The minimum Gasteiger partial charge on any atom is -0.395 e. The number of amides is 1. The van der Waals surface area contributed by atoms with Crippen molar-refractivity contribution >= 4 is 28.9 Å². The van der Waals surface area contributed by atoms with Crippen LogP contribution in [0.1, 0.15) is 28.2 Å². The van der Waals surface area contributed by atoms with Gasteiger partial charge in [-0.2, -0.15) is 9.78 Å². The van der Waals surface area contributed by atoms with E-state index in [0.717, 1.165) is 17.4 Å². The van der Waals surface area contributed by atoms with E-state index in [1.807, 2.05) is 17.5 Å². The van der Waals surface area contributed by atoms with Gasteiger partial charge in [-0.3, -0.25) is 24.7 Å². The van der Waals surface area contributed by atoms with Crippen LogP contribution in [0.25, 0.3) is 16.5 Å². The molecule has 0 radical (unpaired) electrons. The highest BCUT2D eigenvalue weighted by atomic mass is 32.1. The molecule has 0 fully saturated rings. The number of nitro groups is 1. The maximum atomic E-state index is 12.6. The Labute approximate surface area is 177 Å². The maximum Gasteiger partial charge on any atom is 0.433 e. The molecule has 1 aliphatic rings. The quantitative estimate of drug-likeness (QED) is 0.359. The Morgan fingerprint density at radius 3 is 2.94 bits per heavy atom. The first kappa shape index (κ1) is 18.9. The van der Waals surface area contributed by atoms with Crippen LogP contribution in [0.2, 0.25) is 0 Å². The third kappa shape index (κ3) is 3.42. The highest BCUT2D eigenvalue weighted by Gasteiger charge is 2.23. The number of nitrogens with one attached hydrogen (secondary N) is 2. The Balaban J connectivity index is 1.56. The number of aromatic nitrogens is 4. The zero-order valence-corrected chi connectivity index (χ0v) is 16.6. The van der Waals surface area contributed by atoms with E-state index < -0.39 is 16.7 Å². The van der Waals surface area contributed by atoms with Gasteiger partial charge in [-0.1, -0.05) is 6.07 Å². The summed E-state index contributed by atoms with van der Waals surface area (Å²) in [5, 5.41) is 19.9. The molecule has 4 aromatic rings. The number of aryl methyl sites for hydroxylation is 1. The molecule has 1 aliphatic carbocycles. The van der Waals surface area contributed by atoms with Crippen molar-refractivity contribution in [1.29, 1.82) is 0 Å². The molecule has 0 atom stereocenters. The fourth-order valence-electron chi connectivity index (χ4n) is 3.43. The second-order valence-electron chi connectivity index (χ2n) is 6.82. The fraction of sp³-hybridized carbons (Fsp3) is 0.158. The molecular formula is C19H14N6O5S. The van der Waals surface area contributed by atoms with Gasteiger partial charge in [0.05, 0.1) is 16.6 Å². The summed E-state index contributed by atoms with van der Waals surface area (Å²) >= 11 is 1.46. The van der Waals surface area contributed by atoms with Crippen LogP contribution in [0.5, 0.6) is 0 Å². The molecule has 2 N–H and O–H groups in total. The highest BCUT2D eigenvalue weighted by Crippen LogP contribution is 2.28. The van der Waals surface area contributed by atoms with Crippen LogP contribution in [0.3, 0.4) is 0 Å². The summed E-state index contributed by atoms with van der Waals surface area (Å²) < 4.78 is 6.31. The number of aromatic amines is 1. The number of anilines is 1. The predicted molar refractivity (Wildman–Crippen MR) is 111 cm³/mol. The number of carbonyl (C=O) groups excluding carboxylic acids is 1. The molecule has 1 amide bonds. The van der Waals surface area contributed by atoms with Gasteiger partial charge in [0.25, 0.3) is 11.5 Å². The van der Waals surface area contributed by atoms with Gasteiger partial charge < -0.3 is 9.73 Å². The van der Waals surface area contributed by atoms with Gasteiger partial charge in [0.15, 0.2) is 5.76 Å². The van der Waals surface area contributed by atoms with Gasteiger partial charge in [-0.05, 0) is 36.8 Å². The second-order valence-corrected chi connectivity index (χ2v) is 7.77. The molecule has 0 aliphatic heterocycles. The number of hydrogen-bond donors (Lipinski definition) is 2. The maximum absolute atomic E-state index is 12.6. The molecule has 156 valence electrons. The third-order valence-electron chi connectivity index (χ3n) is 4.85. The van der Waals surface area contributed by atoms with Crippen molar-refractivity contribution in [3.8, 4) is 16.5 Å². The fourth-order valence-corrected chi connectivity index (χ4v) is 4.11. The number of rotatable bonds is 5. The van der Waals surface area contributed by atoms with Crippen molar-refractivity contribution in [3.05, 3.63) is 73.2 Å². The first-order chi connectivity index (χ1) is 15.0. The monoisotopic (exact) mass is 438 g/mol. The first-order valence-corrected chi connectivity index (χ1v) is 10.2. The van der Waals surface area contributed by atoms with Gasteiger partial charge in [0, 0.05) is 11.6 Å². The Kier molecular flexibility index (Phi) is 4.47. The Morgan fingerprint density at radius 1 is 1.32 bits per heavy atom. The summed E-state index contributed by atoms with van der Waals surface area (Å²) in [6, 6.07) is 7.69. The summed E-state index contributed by atoms with van der Waals surface area (Å²) in [5.41, 5.74) is 1.72. The molecule has 0 saturated carbocycles.